The normalized spacial score (nSPS) is 10.7. The van der Waals surface area contributed by atoms with Gasteiger partial charge in [-0.3, -0.25) is 0 Å². The van der Waals surface area contributed by atoms with Crippen molar-refractivity contribution in [1.29, 1.82) is 0 Å². The Kier molecular flexibility index (Phi) is 4.55. The van der Waals surface area contributed by atoms with Crippen LogP contribution in [0, 0.1) is 0 Å². The van der Waals surface area contributed by atoms with Crippen molar-refractivity contribution in [2.24, 2.45) is 0 Å². The van der Waals surface area contributed by atoms with Crippen molar-refractivity contribution in [2.75, 3.05) is 11.1 Å². The molecule has 0 saturated heterocycles. The van der Waals surface area contributed by atoms with Crippen LogP contribution in [0.4, 0.5) is 11.4 Å². The molecule has 0 aliphatic rings. The summed E-state index contributed by atoms with van der Waals surface area (Å²) in [6.45, 7) is 4.25. The van der Waals surface area contributed by atoms with Crippen LogP contribution in [0.3, 0.4) is 0 Å². The lowest BCUT2D eigenvalue weighted by atomic mass is 10.1. The number of nitrogens with two attached hydrogens (primary N) is 1. The van der Waals surface area contributed by atoms with E-state index < -0.39 is 0 Å². The minimum atomic E-state index is 0.392. The van der Waals surface area contributed by atoms with Gasteiger partial charge >= 0.3 is 0 Å². The molecule has 15 heavy (non-hydrogen) atoms. The summed E-state index contributed by atoms with van der Waals surface area (Å²) in [5.74, 6) is 0. The molecule has 0 aromatic heterocycles. The number of nitrogens with one attached hydrogen (secondary N) is 1. The average Bonchev–Trinajstić information content (AvgIpc) is 2.17. The Morgan fingerprint density at radius 3 is 2.07 bits per heavy atom. The molecule has 0 heterocycles. The molecule has 0 fully saturated rings. The van der Waals surface area contributed by atoms with Crippen molar-refractivity contribution >= 4 is 34.6 Å². The van der Waals surface area contributed by atoms with Crippen molar-refractivity contribution < 1.29 is 0 Å². The van der Waals surface area contributed by atoms with Gasteiger partial charge in [-0.2, -0.15) is 0 Å². The van der Waals surface area contributed by atoms with Crippen LogP contribution >= 0.6 is 23.2 Å². The van der Waals surface area contributed by atoms with E-state index in [-0.39, 0.29) is 0 Å². The second-order valence-corrected chi connectivity index (χ2v) is 4.33. The topological polar surface area (TPSA) is 38.0 Å². The highest BCUT2D eigenvalue weighted by molar-refractivity contribution is 6.39. The second kappa shape index (κ2) is 5.47. The number of hydrogen-bond donors (Lipinski definition) is 2. The summed E-state index contributed by atoms with van der Waals surface area (Å²) in [6.07, 6.45) is 2.07. The third-order valence-corrected chi connectivity index (χ3v) is 2.99. The highest BCUT2D eigenvalue weighted by Gasteiger charge is 2.10. The fourth-order valence-electron chi connectivity index (χ4n) is 1.43. The molecule has 0 amide bonds. The molecule has 0 bridgehead atoms. The Morgan fingerprint density at radius 2 is 1.67 bits per heavy atom. The molecular weight excluding hydrogens is 231 g/mol. The quantitative estimate of drug-likeness (QED) is 0.783. The summed E-state index contributed by atoms with van der Waals surface area (Å²) in [5, 5.41) is 4.47. The molecule has 1 aromatic carbocycles. The van der Waals surface area contributed by atoms with E-state index in [4.69, 9.17) is 28.9 Å². The van der Waals surface area contributed by atoms with Crippen LogP contribution in [0.15, 0.2) is 12.1 Å². The number of rotatable bonds is 4. The summed E-state index contributed by atoms with van der Waals surface area (Å²) < 4.78 is 0. The zero-order valence-corrected chi connectivity index (χ0v) is 10.5. The van der Waals surface area contributed by atoms with Crippen LogP contribution in [-0.2, 0) is 0 Å². The first kappa shape index (κ1) is 12.5. The monoisotopic (exact) mass is 246 g/mol. The molecule has 0 spiro atoms. The smallest absolute Gasteiger partial charge is 0.0722 e. The van der Waals surface area contributed by atoms with Gasteiger partial charge in [0, 0.05) is 11.7 Å². The Bertz CT molecular complexity index is 312. The molecule has 1 rings (SSSR count). The Hall–Kier alpha value is -0.600. The maximum absolute atomic E-state index is 6.07. The first-order valence-corrected chi connectivity index (χ1v) is 5.85. The molecule has 0 radical (unpaired) electrons. The van der Waals surface area contributed by atoms with Gasteiger partial charge in [-0.1, -0.05) is 37.0 Å². The first-order chi connectivity index (χ1) is 7.08. The molecule has 0 saturated carbocycles. The molecule has 4 heteroatoms. The summed E-state index contributed by atoms with van der Waals surface area (Å²) in [6, 6.07) is 3.81. The second-order valence-electron chi connectivity index (χ2n) is 3.52. The van der Waals surface area contributed by atoms with Gasteiger partial charge in [0.15, 0.2) is 0 Å². The number of anilines is 2. The minimum absolute atomic E-state index is 0.392. The maximum atomic E-state index is 6.07. The SMILES string of the molecule is CCC(CC)Nc1c(Cl)cc(N)cc1Cl. The van der Waals surface area contributed by atoms with Crippen LogP contribution < -0.4 is 11.1 Å². The van der Waals surface area contributed by atoms with E-state index in [1.807, 2.05) is 0 Å². The van der Waals surface area contributed by atoms with Crippen LogP contribution in [-0.4, -0.2) is 6.04 Å². The van der Waals surface area contributed by atoms with E-state index in [0.29, 0.717) is 21.8 Å². The third-order valence-electron chi connectivity index (χ3n) is 2.40. The average molecular weight is 247 g/mol. The molecular formula is C11H16Cl2N2. The van der Waals surface area contributed by atoms with Gasteiger partial charge in [-0.25, -0.2) is 0 Å². The van der Waals surface area contributed by atoms with E-state index in [1.54, 1.807) is 12.1 Å². The van der Waals surface area contributed by atoms with Gasteiger partial charge in [0.05, 0.1) is 15.7 Å². The highest BCUT2D eigenvalue weighted by atomic mass is 35.5. The number of halogens is 2. The fraction of sp³-hybridized carbons (Fsp3) is 0.455. The molecule has 0 atom stereocenters. The predicted octanol–water partition coefficient (Wildman–Crippen LogP) is 4.18. The van der Waals surface area contributed by atoms with Gasteiger partial charge in [-0.05, 0) is 25.0 Å². The summed E-state index contributed by atoms with van der Waals surface area (Å²) in [4.78, 5) is 0. The Labute approximate surface area is 101 Å². The standard InChI is InChI=1S/C11H16Cl2N2/c1-3-8(4-2)15-11-9(12)5-7(14)6-10(11)13/h5-6,8,15H,3-4,14H2,1-2H3. The first-order valence-electron chi connectivity index (χ1n) is 5.09. The van der Waals surface area contributed by atoms with Crippen molar-refractivity contribution in [3.05, 3.63) is 22.2 Å². The van der Waals surface area contributed by atoms with Gasteiger partial charge in [0.2, 0.25) is 0 Å². The number of benzene rings is 1. The van der Waals surface area contributed by atoms with Crippen LogP contribution in [0.2, 0.25) is 10.0 Å². The zero-order valence-electron chi connectivity index (χ0n) is 8.98. The lowest BCUT2D eigenvalue weighted by Crippen LogP contribution is -2.17. The van der Waals surface area contributed by atoms with Crippen molar-refractivity contribution in [3.63, 3.8) is 0 Å². The zero-order chi connectivity index (χ0) is 11.4. The number of nitrogen functional groups attached to an aromatic ring is 1. The molecule has 3 N–H and O–H groups in total. The van der Waals surface area contributed by atoms with Crippen molar-refractivity contribution in [1.82, 2.24) is 0 Å². The van der Waals surface area contributed by atoms with Gasteiger partial charge < -0.3 is 11.1 Å². The van der Waals surface area contributed by atoms with Crippen LogP contribution in [0.5, 0.6) is 0 Å². The lowest BCUT2D eigenvalue weighted by molar-refractivity contribution is 0.672. The van der Waals surface area contributed by atoms with E-state index in [0.717, 1.165) is 18.5 Å². The molecule has 0 aliphatic heterocycles. The van der Waals surface area contributed by atoms with Crippen LogP contribution in [0.1, 0.15) is 26.7 Å². The van der Waals surface area contributed by atoms with E-state index in [2.05, 4.69) is 19.2 Å². The van der Waals surface area contributed by atoms with E-state index in [9.17, 15) is 0 Å². The summed E-state index contributed by atoms with van der Waals surface area (Å²) >= 11 is 12.1. The van der Waals surface area contributed by atoms with Crippen LogP contribution in [0.25, 0.3) is 0 Å². The minimum Gasteiger partial charge on any atom is -0.399 e. The molecule has 1 aromatic rings. The lowest BCUT2D eigenvalue weighted by Gasteiger charge is -2.18. The van der Waals surface area contributed by atoms with E-state index in [1.165, 1.54) is 0 Å². The van der Waals surface area contributed by atoms with E-state index >= 15 is 0 Å². The Morgan fingerprint density at radius 1 is 1.20 bits per heavy atom. The molecule has 0 unspecified atom stereocenters. The highest BCUT2D eigenvalue weighted by Crippen LogP contribution is 2.33. The van der Waals surface area contributed by atoms with Gasteiger partial charge in [-0.15, -0.1) is 0 Å². The largest absolute Gasteiger partial charge is 0.399 e. The maximum Gasteiger partial charge on any atom is 0.0722 e. The Balaban J connectivity index is 2.94. The van der Waals surface area contributed by atoms with Crippen molar-refractivity contribution in [2.45, 2.75) is 32.7 Å². The van der Waals surface area contributed by atoms with Gasteiger partial charge in [0.1, 0.15) is 0 Å². The molecule has 84 valence electrons. The molecule has 0 aliphatic carbocycles. The summed E-state index contributed by atoms with van der Waals surface area (Å²) in [5.41, 5.74) is 6.99. The third kappa shape index (κ3) is 3.18. The summed E-state index contributed by atoms with van der Waals surface area (Å²) in [7, 11) is 0. The van der Waals surface area contributed by atoms with Crippen molar-refractivity contribution in [3.8, 4) is 0 Å². The molecule has 2 nitrogen and oxygen atoms in total. The number of hydrogen-bond acceptors (Lipinski definition) is 2. The van der Waals surface area contributed by atoms with Gasteiger partial charge in [0.25, 0.3) is 0 Å². The predicted molar refractivity (Wildman–Crippen MR) is 68.9 cm³/mol. The fourth-order valence-corrected chi connectivity index (χ4v) is 2.04.